The Kier molecular flexibility index (Phi) is 6.57. The average molecular weight is 589 g/mol. The van der Waals surface area contributed by atoms with Gasteiger partial charge in [-0.2, -0.15) is 4.52 Å². The largest absolute Gasteiger partial charge is 0.489 e. The number of halogens is 1. The summed E-state index contributed by atoms with van der Waals surface area (Å²) in [5, 5.41) is 8.04. The van der Waals surface area contributed by atoms with Gasteiger partial charge in [-0.15, -0.1) is 5.10 Å². The SMILES string of the molecule is CC(=O)Nc1cc(OCc2cccc(OCc3ccccc3)c2)c2cc(-c3cnc4sc(Br)nn34)oc2c1. The van der Waals surface area contributed by atoms with Gasteiger partial charge in [-0.05, 0) is 45.3 Å². The van der Waals surface area contributed by atoms with Gasteiger partial charge < -0.3 is 19.2 Å². The molecule has 190 valence electrons. The first-order valence-electron chi connectivity index (χ1n) is 11.8. The molecule has 1 N–H and O–H groups in total. The van der Waals surface area contributed by atoms with Gasteiger partial charge in [0.1, 0.15) is 36.0 Å². The summed E-state index contributed by atoms with van der Waals surface area (Å²) in [6.45, 7) is 2.25. The summed E-state index contributed by atoms with van der Waals surface area (Å²) in [6, 6.07) is 23.3. The summed E-state index contributed by atoms with van der Waals surface area (Å²) in [5.41, 5.74) is 3.92. The third-order valence-electron chi connectivity index (χ3n) is 5.77. The number of rotatable bonds is 8. The molecule has 0 fully saturated rings. The molecule has 3 aromatic carbocycles. The van der Waals surface area contributed by atoms with Crippen LogP contribution < -0.4 is 14.8 Å². The van der Waals surface area contributed by atoms with Crippen molar-refractivity contribution >= 4 is 54.8 Å². The zero-order valence-corrected chi connectivity index (χ0v) is 22.6. The Bertz CT molecular complexity index is 1760. The number of fused-ring (bicyclic) bond motifs is 2. The van der Waals surface area contributed by atoms with Crippen LogP contribution in [0, 0.1) is 0 Å². The van der Waals surface area contributed by atoms with E-state index >= 15 is 0 Å². The molecule has 38 heavy (non-hydrogen) atoms. The summed E-state index contributed by atoms with van der Waals surface area (Å²) in [6.07, 6.45) is 1.72. The monoisotopic (exact) mass is 588 g/mol. The fourth-order valence-electron chi connectivity index (χ4n) is 4.09. The van der Waals surface area contributed by atoms with Crippen molar-refractivity contribution in [2.75, 3.05) is 5.32 Å². The number of furan rings is 1. The minimum atomic E-state index is -0.185. The molecule has 0 saturated heterocycles. The van der Waals surface area contributed by atoms with Crippen molar-refractivity contribution < 1.29 is 18.7 Å². The van der Waals surface area contributed by atoms with E-state index in [1.807, 2.05) is 60.7 Å². The second kappa shape index (κ2) is 10.3. The van der Waals surface area contributed by atoms with Gasteiger partial charge in [0.05, 0.1) is 11.6 Å². The van der Waals surface area contributed by atoms with E-state index in [4.69, 9.17) is 13.9 Å². The number of aromatic nitrogens is 3. The lowest BCUT2D eigenvalue weighted by Gasteiger charge is -2.11. The molecule has 0 aliphatic heterocycles. The highest BCUT2D eigenvalue weighted by Crippen LogP contribution is 2.37. The van der Waals surface area contributed by atoms with Crippen LogP contribution in [0.5, 0.6) is 11.5 Å². The molecule has 3 aromatic heterocycles. The van der Waals surface area contributed by atoms with Crippen LogP contribution in [0.15, 0.2) is 87.3 Å². The molecule has 0 unspecified atom stereocenters. The number of hydrogen-bond donors (Lipinski definition) is 1. The highest BCUT2D eigenvalue weighted by Gasteiger charge is 2.18. The number of anilines is 1. The van der Waals surface area contributed by atoms with Gasteiger partial charge in [0.2, 0.25) is 10.9 Å². The normalized spacial score (nSPS) is 11.2. The van der Waals surface area contributed by atoms with Crippen molar-refractivity contribution in [2.24, 2.45) is 0 Å². The Hall–Kier alpha value is -4.15. The number of nitrogens with one attached hydrogen (secondary N) is 1. The molecule has 0 aliphatic carbocycles. The number of amides is 1. The van der Waals surface area contributed by atoms with E-state index in [9.17, 15) is 4.79 Å². The lowest BCUT2D eigenvalue weighted by atomic mass is 10.2. The first kappa shape index (κ1) is 24.2. The lowest BCUT2D eigenvalue weighted by Crippen LogP contribution is -2.06. The molecule has 6 rings (SSSR count). The number of carbonyl (C=O) groups excluding carboxylic acids is 1. The molecule has 0 spiro atoms. The minimum absolute atomic E-state index is 0.185. The molecular formula is C28H21BrN4O4S. The van der Waals surface area contributed by atoms with Gasteiger partial charge in [-0.3, -0.25) is 4.79 Å². The summed E-state index contributed by atoms with van der Waals surface area (Å²) in [5.74, 6) is 1.75. The predicted octanol–water partition coefficient (Wildman–Crippen LogP) is 7.08. The Labute approximate surface area is 230 Å². The van der Waals surface area contributed by atoms with Crippen molar-refractivity contribution in [3.05, 3.63) is 94.0 Å². The summed E-state index contributed by atoms with van der Waals surface area (Å²) in [4.78, 5) is 16.9. The maximum absolute atomic E-state index is 11.8. The zero-order valence-electron chi connectivity index (χ0n) is 20.2. The van der Waals surface area contributed by atoms with Gasteiger partial charge in [0, 0.05) is 24.7 Å². The molecule has 3 heterocycles. The van der Waals surface area contributed by atoms with Crippen LogP contribution in [0.3, 0.4) is 0 Å². The van der Waals surface area contributed by atoms with Crippen LogP contribution in [0.2, 0.25) is 0 Å². The van der Waals surface area contributed by atoms with E-state index in [0.29, 0.717) is 41.7 Å². The fourth-order valence-corrected chi connectivity index (χ4v) is 5.29. The van der Waals surface area contributed by atoms with Gasteiger partial charge in [0.15, 0.2) is 9.68 Å². The van der Waals surface area contributed by atoms with Gasteiger partial charge in [-0.1, -0.05) is 53.8 Å². The van der Waals surface area contributed by atoms with Crippen LogP contribution in [-0.4, -0.2) is 20.5 Å². The Balaban J connectivity index is 1.28. The molecular weight excluding hydrogens is 568 g/mol. The average Bonchev–Trinajstić information content (AvgIpc) is 3.60. The van der Waals surface area contributed by atoms with E-state index < -0.39 is 0 Å². The molecule has 10 heteroatoms. The van der Waals surface area contributed by atoms with Crippen LogP contribution >= 0.6 is 27.3 Å². The Morgan fingerprint density at radius 2 is 1.84 bits per heavy atom. The Morgan fingerprint density at radius 1 is 1.03 bits per heavy atom. The van der Waals surface area contributed by atoms with Crippen LogP contribution in [0.1, 0.15) is 18.1 Å². The molecule has 0 aliphatic rings. The second-order valence-electron chi connectivity index (χ2n) is 8.58. The van der Waals surface area contributed by atoms with Crippen LogP contribution in [-0.2, 0) is 18.0 Å². The van der Waals surface area contributed by atoms with E-state index in [2.05, 4.69) is 31.3 Å². The topological polar surface area (TPSA) is 90.9 Å². The van der Waals surface area contributed by atoms with Crippen molar-refractivity contribution in [1.82, 2.24) is 14.6 Å². The smallest absolute Gasteiger partial charge is 0.221 e. The standard InChI is InChI=1S/C28H21BrN4O4S/c1-17(34)31-20-11-24(36-16-19-8-5-9-21(10-19)35-15-18-6-3-2-4-7-18)22-13-26(37-25(22)12-20)23-14-30-28-33(23)32-27(29)38-28/h2-14H,15-16H2,1H3,(H,31,34). The van der Waals surface area contributed by atoms with Crippen molar-refractivity contribution in [1.29, 1.82) is 0 Å². The summed E-state index contributed by atoms with van der Waals surface area (Å²) < 4.78 is 20.8. The zero-order chi connectivity index (χ0) is 26.1. The molecule has 0 bridgehead atoms. The fraction of sp³-hybridized carbons (Fsp3) is 0.107. The number of imidazole rings is 1. The molecule has 0 saturated carbocycles. The van der Waals surface area contributed by atoms with Gasteiger partial charge in [-0.25, -0.2) is 4.98 Å². The number of hydrogen-bond acceptors (Lipinski definition) is 7. The maximum Gasteiger partial charge on any atom is 0.221 e. The molecule has 0 radical (unpaired) electrons. The summed E-state index contributed by atoms with van der Waals surface area (Å²) in [7, 11) is 0. The molecule has 1 amide bonds. The third-order valence-corrected chi connectivity index (χ3v) is 7.13. The first-order chi connectivity index (χ1) is 18.5. The molecule has 8 nitrogen and oxygen atoms in total. The van der Waals surface area contributed by atoms with Crippen LogP contribution in [0.4, 0.5) is 5.69 Å². The third kappa shape index (κ3) is 5.13. The predicted molar refractivity (Wildman–Crippen MR) is 150 cm³/mol. The second-order valence-corrected chi connectivity index (χ2v) is 10.8. The molecule has 0 atom stereocenters. The first-order valence-corrected chi connectivity index (χ1v) is 13.4. The highest BCUT2D eigenvalue weighted by atomic mass is 79.9. The van der Waals surface area contributed by atoms with E-state index in [1.165, 1.54) is 18.3 Å². The van der Waals surface area contributed by atoms with Crippen LogP contribution in [0.25, 0.3) is 27.4 Å². The van der Waals surface area contributed by atoms with Gasteiger partial charge >= 0.3 is 0 Å². The maximum atomic E-state index is 11.8. The molecule has 6 aromatic rings. The minimum Gasteiger partial charge on any atom is -0.489 e. The number of ether oxygens (including phenoxy) is 2. The van der Waals surface area contributed by atoms with Crippen molar-refractivity contribution in [3.8, 4) is 23.0 Å². The number of nitrogens with zero attached hydrogens (tertiary/aromatic N) is 3. The number of carbonyl (C=O) groups is 1. The summed E-state index contributed by atoms with van der Waals surface area (Å²) >= 11 is 4.83. The lowest BCUT2D eigenvalue weighted by molar-refractivity contribution is -0.114. The quantitative estimate of drug-likeness (QED) is 0.204. The van der Waals surface area contributed by atoms with E-state index in [0.717, 1.165) is 31.1 Å². The Morgan fingerprint density at radius 3 is 2.68 bits per heavy atom. The van der Waals surface area contributed by atoms with E-state index in [-0.39, 0.29) is 5.91 Å². The van der Waals surface area contributed by atoms with Crippen molar-refractivity contribution in [3.63, 3.8) is 0 Å². The van der Waals surface area contributed by atoms with Crippen molar-refractivity contribution in [2.45, 2.75) is 20.1 Å². The van der Waals surface area contributed by atoms with Gasteiger partial charge in [0.25, 0.3) is 0 Å². The highest BCUT2D eigenvalue weighted by molar-refractivity contribution is 9.11. The number of benzene rings is 3. The van der Waals surface area contributed by atoms with E-state index in [1.54, 1.807) is 22.8 Å².